The van der Waals surface area contributed by atoms with E-state index in [1.165, 1.54) is 0 Å². The first kappa shape index (κ1) is 20.9. The molecule has 1 aromatic heterocycles. The molecule has 0 aliphatic carbocycles. The van der Waals surface area contributed by atoms with Gasteiger partial charge in [0.05, 0.1) is 33.4 Å². The third-order valence-corrected chi connectivity index (χ3v) is 4.99. The third-order valence-electron chi connectivity index (χ3n) is 4.99. The van der Waals surface area contributed by atoms with Crippen LogP contribution in [0.3, 0.4) is 0 Å². The van der Waals surface area contributed by atoms with Crippen LogP contribution >= 0.6 is 0 Å². The summed E-state index contributed by atoms with van der Waals surface area (Å²) in [6.07, 6.45) is 2.40. The number of hydrogen-bond donors (Lipinski definition) is 2. The Morgan fingerprint density at radius 2 is 2.07 bits per heavy atom. The van der Waals surface area contributed by atoms with Gasteiger partial charge in [-0.3, -0.25) is 0 Å². The Balaban J connectivity index is 1.67. The molecular weight excluding hydrogens is 372 g/mol. The van der Waals surface area contributed by atoms with Gasteiger partial charge in [-0.25, -0.2) is 4.99 Å². The first-order valence-electron chi connectivity index (χ1n) is 9.80. The summed E-state index contributed by atoms with van der Waals surface area (Å²) < 4.78 is 18.3. The average Bonchev–Trinajstić information content (AvgIpc) is 3.38. The van der Waals surface area contributed by atoms with Crippen LogP contribution in [-0.4, -0.2) is 54.2 Å². The summed E-state index contributed by atoms with van der Waals surface area (Å²) in [7, 11) is 5.21. The van der Waals surface area contributed by atoms with Gasteiger partial charge in [0.2, 0.25) is 0 Å². The van der Waals surface area contributed by atoms with Crippen molar-refractivity contribution in [1.29, 1.82) is 0 Å². The number of nitrogens with one attached hydrogen (secondary N) is 2. The predicted octanol–water partition coefficient (Wildman–Crippen LogP) is 1.56. The van der Waals surface area contributed by atoms with Crippen molar-refractivity contribution in [3.63, 3.8) is 0 Å². The monoisotopic (exact) mass is 402 g/mol. The molecule has 2 N–H and O–H groups in total. The molecule has 1 aromatic carbocycles. The lowest BCUT2D eigenvalue weighted by Crippen LogP contribution is -2.41. The van der Waals surface area contributed by atoms with E-state index in [1.54, 1.807) is 14.2 Å². The summed E-state index contributed by atoms with van der Waals surface area (Å²) in [5, 5.41) is 15.0. The van der Waals surface area contributed by atoms with Gasteiger partial charge in [0.15, 0.2) is 23.3 Å². The van der Waals surface area contributed by atoms with Crippen LogP contribution in [0, 0.1) is 6.92 Å². The summed E-state index contributed by atoms with van der Waals surface area (Å²) in [4.78, 5) is 4.72. The molecule has 1 fully saturated rings. The van der Waals surface area contributed by atoms with Crippen molar-refractivity contribution >= 4 is 5.96 Å². The normalized spacial score (nSPS) is 16.7. The van der Waals surface area contributed by atoms with Gasteiger partial charge in [-0.2, -0.15) is 0 Å². The molecule has 29 heavy (non-hydrogen) atoms. The Morgan fingerprint density at radius 1 is 1.24 bits per heavy atom. The minimum absolute atomic E-state index is 0.222. The molecule has 1 atom stereocenters. The molecule has 0 bridgehead atoms. The number of aryl methyl sites for hydroxylation is 1. The van der Waals surface area contributed by atoms with Gasteiger partial charge in [-0.05, 0) is 37.5 Å². The standard InChI is InChI=1S/C20H30N6O3/c1-14-24-25-19(26(14)2)13-23-20(22-12-16-6-5-9-29-16)21-11-15-7-8-17(27-3)18(10-15)28-4/h7-8,10,16H,5-6,9,11-13H2,1-4H3,(H2,21,22,23). The summed E-state index contributed by atoms with van der Waals surface area (Å²) in [6.45, 7) is 4.50. The first-order chi connectivity index (χ1) is 14.1. The van der Waals surface area contributed by atoms with Crippen molar-refractivity contribution in [3.05, 3.63) is 35.4 Å². The van der Waals surface area contributed by atoms with Crippen molar-refractivity contribution in [2.45, 2.75) is 39.0 Å². The van der Waals surface area contributed by atoms with Gasteiger partial charge >= 0.3 is 0 Å². The zero-order valence-corrected chi connectivity index (χ0v) is 17.6. The summed E-state index contributed by atoms with van der Waals surface area (Å²) in [5.74, 6) is 3.82. The van der Waals surface area contributed by atoms with Crippen LogP contribution in [0.5, 0.6) is 11.5 Å². The van der Waals surface area contributed by atoms with E-state index in [2.05, 4.69) is 20.8 Å². The van der Waals surface area contributed by atoms with Crippen LogP contribution < -0.4 is 20.1 Å². The second-order valence-corrected chi connectivity index (χ2v) is 6.95. The molecule has 1 saturated heterocycles. The van der Waals surface area contributed by atoms with Gasteiger partial charge in [0.1, 0.15) is 5.82 Å². The van der Waals surface area contributed by atoms with E-state index in [4.69, 9.17) is 19.2 Å². The van der Waals surface area contributed by atoms with Gasteiger partial charge in [0, 0.05) is 20.2 Å². The Kier molecular flexibility index (Phi) is 7.29. The number of aromatic nitrogens is 3. The lowest BCUT2D eigenvalue weighted by atomic mass is 10.2. The van der Waals surface area contributed by atoms with Crippen molar-refractivity contribution < 1.29 is 14.2 Å². The van der Waals surface area contributed by atoms with Crippen LogP contribution in [0.1, 0.15) is 30.1 Å². The number of benzene rings is 1. The van der Waals surface area contributed by atoms with Crippen LogP contribution in [-0.2, 0) is 24.9 Å². The van der Waals surface area contributed by atoms with E-state index < -0.39 is 0 Å². The number of hydrogen-bond acceptors (Lipinski definition) is 6. The second-order valence-electron chi connectivity index (χ2n) is 6.95. The van der Waals surface area contributed by atoms with E-state index >= 15 is 0 Å². The highest BCUT2D eigenvalue weighted by Crippen LogP contribution is 2.27. The van der Waals surface area contributed by atoms with Gasteiger partial charge < -0.3 is 29.4 Å². The van der Waals surface area contributed by atoms with Crippen molar-refractivity contribution in [2.75, 3.05) is 27.4 Å². The number of aliphatic imine (C=N–C) groups is 1. The fourth-order valence-corrected chi connectivity index (χ4v) is 3.11. The Bertz CT molecular complexity index is 830. The number of guanidine groups is 1. The third kappa shape index (κ3) is 5.60. The largest absolute Gasteiger partial charge is 0.493 e. The van der Waals surface area contributed by atoms with Crippen LogP contribution in [0.15, 0.2) is 23.2 Å². The molecule has 1 unspecified atom stereocenters. The van der Waals surface area contributed by atoms with Crippen LogP contribution in [0.2, 0.25) is 0 Å². The number of ether oxygens (including phenoxy) is 3. The maximum atomic E-state index is 5.70. The van der Waals surface area contributed by atoms with E-state index in [9.17, 15) is 0 Å². The van der Waals surface area contributed by atoms with Crippen molar-refractivity contribution in [3.8, 4) is 11.5 Å². The molecule has 158 valence electrons. The molecule has 2 heterocycles. The fraction of sp³-hybridized carbons (Fsp3) is 0.550. The van der Waals surface area contributed by atoms with E-state index in [-0.39, 0.29) is 6.10 Å². The molecule has 0 spiro atoms. The highest BCUT2D eigenvalue weighted by Gasteiger charge is 2.16. The molecule has 3 rings (SSSR count). The number of nitrogens with zero attached hydrogens (tertiary/aromatic N) is 4. The molecule has 1 aliphatic heterocycles. The molecule has 9 heteroatoms. The molecule has 0 saturated carbocycles. The maximum Gasteiger partial charge on any atom is 0.192 e. The van der Waals surface area contributed by atoms with E-state index in [1.807, 2.05) is 36.7 Å². The van der Waals surface area contributed by atoms with Crippen LogP contribution in [0.4, 0.5) is 0 Å². The molecule has 0 amide bonds. The highest BCUT2D eigenvalue weighted by atomic mass is 16.5. The smallest absolute Gasteiger partial charge is 0.192 e. The Hall–Kier alpha value is -2.81. The molecular formula is C20H30N6O3. The summed E-state index contributed by atoms with van der Waals surface area (Å²) >= 11 is 0. The minimum atomic E-state index is 0.222. The molecule has 2 aromatic rings. The first-order valence-corrected chi connectivity index (χ1v) is 9.80. The van der Waals surface area contributed by atoms with E-state index in [0.717, 1.165) is 43.2 Å². The fourth-order valence-electron chi connectivity index (χ4n) is 3.11. The van der Waals surface area contributed by atoms with Gasteiger partial charge in [0.25, 0.3) is 0 Å². The Labute approximate surface area is 171 Å². The molecule has 9 nitrogen and oxygen atoms in total. The zero-order valence-electron chi connectivity index (χ0n) is 17.6. The highest BCUT2D eigenvalue weighted by molar-refractivity contribution is 5.79. The van der Waals surface area contributed by atoms with Crippen molar-refractivity contribution in [2.24, 2.45) is 12.0 Å². The SMILES string of the molecule is COc1ccc(CN=C(NCc2nnc(C)n2C)NCC2CCCO2)cc1OC. The predicted molar refractivity (Wildman–Crippen MR) is 110 cm³/mol. The van der Waals surface area contributed by atoms with Crippen molar-refractivity contribution in [1.82, 2.24) is 25.4 Å². The second kappa shape index (κ2) is 10.1. The minimum Gasteiger partial charge on any atom is -0.493 e. The zero-order chi connectivity index (χ0) is 20.6. The lowest BCUT2D eigenvalue weighted by molar-refractivity contribution is 0.113. The summed E-state index contributed by atoms with van der Waals surface area (Å²) in [5.41, 5.74) is 1.02. The molecule has 1 aliphatic rings. The van der Waals surface area contributed by atoms with Gasteiger partial charge in [-0.1, -0.05) is 6.07 Å². The van der Waals surface area contributed by atoms with Gasteiger partial charge in [-0.15, -0.1) is 10.2 Å². The maximum absolute atomic E-state index is 5.70. The lowest BCUT2D eigenvalue weighted by Gasteiger charge is -2.16. The summed E-state index contributed by atoms with van der Waals surface area (Å²) in [6, 6.07) is 5.81. The number of rotatable bonds is 8. The quantitative estimate of drug-likeness (QED) is 0.511. The van der Waals surface area contributed by atoms with E-state index in [0.29, 0.717) is 30.5 Å². The topological polar surface area (TPSA) is 94.8 Å². The molecule has 0 radical (unpaired) electrons. The Morgan fingerprint density at radius 3 is 2.72 bits per heavy atom. The number of methoxy groups -OCH3 is 2. The van der Waals surface area contributed by atoms with Crippen LogP contribution in [0.25, 0.3) is 0 Å². The average molecular weight is 402 g/mol.